The molecule has 1 aliphatic rings. The Morgan fingerprint density at radius 2 is 2.56 bits per heavy atom. The smallest absolute Gasteiger partial charge is 0.164 e. The van der Waals surface area contributed by atoms with E-state index in [1.165, 1.54) is 0 Å². The monoisotopic (exact) mass is 130 g/mol. The lowest BCUT2D eigenvalue weighted by atomic mass is 10.2. The third-order valence-electron chi connectivity index (χ3n) is 1.34. The molecule has 0 N–H and O–H groups in total. The Morgan fingerprint density at radius 1 is 1.78 bits per heavy atom. The van der Waals surface area contributed by atoms with E-state index in [1.54, 1.807) is 7.11 Å². The van der Waals surface area contributed by atoms with Crippen molar-refractivity contribution in [3.63, 3.8) is 0 Å². The molecule has 3 nitrogen and oxygen atoms in total. The van der Waals surface area contributed by atoms with E-state index in [0.717, 1.165) is 0 Å². The second-order valence-corrected chi connectivity index (χ2v) is 2.03. The lowest BCUT2D eigenvalue weighted by Gasteiger charge is -2.19. The first-order valence-electron chi connectivity index (χ1n) is 2.99. The van der Waals surface area contributed by atoms with Crippen LogP contribution in [-0.4, -0.2) is 25.8 Å². The predicted octanol–water partition coefficient (Wildman–Crippen LogP) is 0.338. The third-order valence-corrected chi connectivity index (χ3v) is 1.34. The zero-order valence-corrected chi connectivity index (χ0v) is 5.42. The van der Waals surface area contributed by atoms with Gasteiger partial charge in [0.2, 0.25) is 0 Å². The largest absolute Gasteiger partial charge is 0.355 e. The fourth-order valence-electron chi connectivity index (χ4n) is 0.802. The van der Waals surface area contributed by atoms with Crippen molar-refractivity contribution in [1.29, 1.82) is 0 Å². The zero-order chi connectivity index (χ0) is 6.69. The van der Waals surface area contributed by atoms with Crippen LogP contribution in [0, 0.1) is 0 Å². The van der Waals surface area contributed by atoms with Gasteiger partial charge in [0.1, 0.15) is 5.78 Å². The minimum absolute atomic E-state index is 0.230. The van der Waals surface area contributed by atoms with Crippen molar-refractivity contribution >= 4 is 5.78 Å². The molecule has 1 saturated heterocycles. The Labute approximate surface area is 53.9 Å². The molecule has 0 bridgehead atoms. The summed E-state index contributed by atoms with van der Waals surface area (Å²) in [6.45, 7) is 0.511. The van der Waals surface area contributed by atoms with Gasteiger partial charge in [-0.2, -0.15) is 0 Å². The summed E-state index contributed by atoms with van der Waals surface area (Å²) < 4.78 is 9.87. The van der Waals surface area contributed by atoms with Gasteiger partial charge >= 0.3 is 0 Å². The highest BCUT2D eigenvalue weighted by Gasteiger charge is 2.18. The van der Waals surface area contributed by atoms with E-state index in [1.807, 2.05) is 0 Å². The molecule has 0 aromatic heterocycles. The van der Waals surface area contributed by atoms with Crippen LogP contribution in [0.4, 0.5) is 0 Å². The summed E-state index contributed by atoms with van der Waals surface area (Å²) in [5, 5.41) is 0. The molecule has 0 spiro atoms. The van der Waals surface area contributed by atoms with Gasteiger partial charge in [0, 0.05) is 13.5 Å². The summed E-state index contributed by atoms with van der Waals surface area (Å²) in [5.74, 6) is 0.230. The van der Waals surface area contributed by atoms with Crippen molar-refractivity contribution in [2.45, 2.75) is 19.1 Å². The van der Waals surface area contributed by atoms with Gasteiger partial charge in [-0.15, -0.1) is 0 Å². The van der Waals surface area contributed by atoms with Crippen molar-refractivity contribution in [2.75, 3.05) is 13.7 Å². The van der Waals surface area contributed by atoms with Crippen LogP contribution in [0.2, 0.25) is 0 Å². The quantitative estimate of drug-likeness (QED) is 0.513. The predicted molar refractivity (Wildman–Crippen MR) is 31.0 cm³/mol. The summed E-state index contributed by atoms with van der Waals surface area (Å²) in [4.78, 5) is 10.7. The van der Waals surface area contributed by atoms with Gasteiger partial charge < -0.3 is 9.47 Å². The molecule has 9 heavy (non-hydrogen) atoms. The molecule has 52 valence electrons. The van der Waals surface area contributed by atoms with Crippen molar-refractivity contribution in [3.8, 4) is 0 Å². The standard InChI is InChI=1S/C6H10O3/c1-8-6-4-5(7)2-3-9-6/h6H,2-4H2,1H3/t6-/m0/s1. The Bertz CT molecular complexity index is 111. The maximum atomic E-state index is 10.7. The molecule has 0 aliphatic carbocycles. The molecule has 1 rings (SSSR count). The third kappa shape index (κ3) is 1.77. The maximum absolute atomic E-state index is 10.7. The Kier molecular flexibility index (Phi) is 2.19. The number of hydrogen-bond donors (Lipinski definition) is 0. The van der Waals surface area contributed by atoms with Crippen LogP contribution < -0.4 is 0 Å². The fraction of sp³-hybridized carbons (Fsp3) is 0.833. The fourth-order valence-corrected chi connectivity index (χ4v) is 0.802. The lowest BCUT2D eigenvalue weighted by Crippen LogP contribution is -2.26. The molecule has 1 heterocycles. The van der Waals surface area contributed by atoms with Crippen molar-refractivity contribution in [2.24, 2.45) is 0 Å². The highest BCUT2D eigenvalue weighted by Crippen LogP contribution is 2.08. The number of rotatable bonds is 1. The molecule has 1 aliphatic heterocycles. The van der Waals surface area contributed by atoms with Crippen LogP contribution in [-0.2, 0) is 14.3 Å². The number of Topliss-reactive ketones (excluding diaryl/α,β-unsaturated/α-hetero) is 1. The molecular weight excluding hydrogens is 120 g/mol. The topological polar surface area (TPSA) is 35.5 Å². The van der Waals surface area contributed by atoms with Crippen molar-refractivity contribution in [3.05, 3.63) is 0 Å². The van der Waals surface area contributed by atoms with Gasteiger partial charge in [-0.05, 0) is 0 Å². The van der Waals surface area contributed by atoms with Crippen molar-refractivity contribution < 1.29 is 14.3 Å². The normalized spacial score (nSPS) is 28.6. The van der Waals surface area contributed by atoms with E-state index in [2.05, 4.69) is 0 Å². The molecular formula is C6H10O3. The molecule has 3 heteroatoms. The minimum atomic E-state index is -0.286. The molecule has 0 aromatic carbocycles. The second-order valence-electron chi connectivity index (χ2n) is 2.03. The van der Waals surface area contributed by atoms with Crippen LogP contribution in [0.3, 0.4) is 0 Å². The maximum Gasteiger partial charge on any atom is 0.164 e. The van der Waals surface area contributed by atoms with Gasteiger partial charge in [-0.25, -0.2) is 0 Å². The number of hydrogen-bond acceptors (Lipinski definition) is 3. The Hall–Kier alpha value is -0.410. The summed E-state index contributed by atoms with van der Waals surface area (Å²) >= 11 is 0. The number of carbonyl (C=O) groups excluding carboxylic acids is 1. The highest BCUT2D eigenvalue weighted by atomic mass is 16.7. The number of methoxy groups -OCH3 is 1. The number of carbonyl (C=O) groups is 1. The second kappa shape index (κ2) is 2.94. The minimum Gasteiger partial charge on any atom is -0.355 e. The first-order valence-corrected chi connectivity index (χ1v) is 2.99. The van der Waals surface area contributed by atoms with E-state index in [9.17, 15) is 4.79 Å². The van der Waals surface area contributed by atoms with E-state index in [4.69, 9.17) is 9.47 Å². The van der Waals surface area contributed by atoms with Gasteiger partial charge in [0.05, 0.1) is 13.0 Å². The van der Waals surface area contributed by atoms with E-state index in [0.29, 0.717) is 19.4 Å². The first-order chi connectivity index (χ1) is 4.33. The average molecular weight is 130 g/mol. The molecule has 0 saturated carbocycles. The molecule has 0 radical (unpaired) electrons. The van der Waals surface area contributed by atoms with E-state index < -0.39 is 0 Å². The Balaban J connectivity index is 2.32. The summed E-state index contributed by atoms with van der Waals surface area (Å²) in [6, 6.07) is 0. The van der Waals surface area contributed by atoms with Crippen LogP contribution >= 0.6 is 0 Å². The Morgan fingerprint density at radius 3 is 3.00 bits per heavy atom. The highest BCUT2D eigenvalue weighted by molar-refractivity contribution is 5.79. The van der Waals surface area contributed by atoms with Gasteiger partial charge in [0.15, 0.2) is 6.29 Å². The van der Waals surface area contributed by atoms with Crippen LogP contribution in [0.15, 0.2) is 0 Å². The van der Waals surface area contributed by atoms with Crippen molar-refractivity contribution in [1.82, 2.24) is 0 Å². The average Bonchev–Trinajstić information content (AvgIpc) is 1.88. The van der Waals surface area contributed by atoms with Gasteiger partial charge in [0.25, 0.3) is 0 Å². The summed E-state index contributed by atoms with van der Waals surface area (Å²) in [7, 11) is 1.54. The first kappa shape index (κ1) is 6.71. The van der Waals surface area contributed by atoms with Crippen LogP contribution in [0.1, 0.15) is 12.8 Å². The SMILES string of the molecule is CO[C@@H]1CC(=O)CCO1. The molecule has 0 aromatic rings. The van der Waals surface area contributed by atoms with E-state index in [-0.39, 0.29) is 12.1 Å². The van der Waals surface area contributed by atoms with Gasteiger partial charge in [-0.3, -0.25) is 4.79 Å². The summed E-state index contributed by atoms with van der Waals surface area (Å²) in [6.07, 6.45) is 0.669. The van der Waals surface area contributed by atoms with Crippen LogP contribution in [0.5, 0.6) is 0 Å². The molecule has 1 fully saturated rings. The number of ether oxygens (including phenoxy) is 2. The molecule has 1 atom stereocenters. The van der Waals surface area contributed by atoms with Gasteiger partial charge in [-0.1, -0.05) is 0 Å². The number of ketones is 1. The zero-order valence-electron chi connectivity index (χ0n) is 5.42. The molecule has 0 amide bonds. The van der Waals surface area contributed by atoms with E-state index >= 15 is 0 Å². The summed E-state index contributed by atoms with van der Waals surface area (Å²) in [5.41, 5.74) is 0. The lowest BCUT2D eigenvalue weighted by molar-refractivity contribution is -0.161. The molecule has 0 unspecified atom stereocenters. The van der Waals surface area contributed by atoms with Crippen LogP contribution in [0.25, 0.3) is 0 Å².